The van der Waals surface area contributed by atoms with Crippen molar-refractivity contribution in [2.24, 2.45) is 7.05 Å². The van der Waals surface area contributed by atoms with E-state index in [-0.39, 0.29) is 6.10 Å². The monoisotopic (exact) mass is 281 g/mol. The molecule has 0 aliphatic heterocycles. The van der Waals surface area contributed by atoms with Gasteiger partial charge in [-0.2, -0.15) is 0 Å². The molecule has 1 N–H and O–H groups in total. The summed E-state index contributed by atoms with van der Waals surface area (Å²) in [6.07, 6.45) is 15.0. The second-order valence-electron chi connectivity index (χ2n) is 5.86. The summed E-state index contributed by atoms with van der Waals surface area (Å²) in [4.78, 5) is 0. The van der Waals surface area contributed by atoms with Crippen LogP contribution in [0.5, 0.6) is 0 Å². The fourth-order valence-corrected chi connectivity index (χ4v) is 2.52. The van der Waals surface area contributed by atoms with Gasteiger partial charge in [0.25, 0.3) is 0 Å². The number of hydrogen-bond acceptors (Lipinski definition) is 3. The zero-order chi connectivity index (χ0) is 14.6. The van der Waals surface area contributed by atoms with E-state index in [4.69, 9.17) is 0 Å². The molecule has 0 spiro atoms. The average Bonchev–Trinajstić information content (AvgIpc) is 2.82. The maximum Gasteiger partial charge on any atom is 0.0852 e. The van der Waals surface area contributed by atoms with Crippen LogP contribution in [0.1, 0.15) is 76.8 Å². The predicted octanol–water partition coefficient (Wildman–Crippen LogP) is 3.64. The van der Waals surface area contributed by atoms with Gasteiger partial charge in [0.05, 0.1) is 11.8 Å². The minimum Gasteiger partial charge on any atom is -0.393 e. The molecule has 0 saturated carbocycles. The fraction of sp³-hybridized carbons (Fsp3) is 0.875. The van der Waals surface area contributed by atoms with E-state index in [1.807, 2.05) is 13.2 Å². The van der Waals surface area contributed by atoms with Crippen LogP contribution < -0.4 is 0 Å². The molecule has 20 heavy (non-hydrogen) atoms. The Hall–Kier alpha value is -0.900. The van der Waals surface area contributed by atoms with E-state index in [1.54, 1.807) is 4.68 Å². The smallest absolute Gasteiger partial charge is 0.0852 e. The summed E-state index contributed by atoms with van der Waals surface area (Å²) in [6.45, 7) is 2.26. The van der Waals surface area contributed by atoms with Gasteiger partial charge in [0.2, 0.25) is 0 Å². The molecule has 1 aromatic heterocycles. The van der Waals surface area contributed by atoms with Gasteiger partial charge < -0.3 is 5.11 Å². The van der Waals surface area contributed by atoms with Crippen molar-refractivity contribution < 1.29 is 5.11 Å². The van der Waals surface area contributed by atoms with E-state index >= 15 is 0 Å². The maximum atomic E-state index is 9.93. The molecule has 0 radical (unpaired) electrons. The molecule has 0 bridgehead atoms. The Morgan fingerprint density at radius 2 is 1.65 bits per heavy atom. The third-order valence-electron chi connectivity index (χ3n) is 3.74. The highest BCUT2D eigenvalue weighted by Gasteiger charge is 2.07. The lowest BCUT2D eigenvalue weighted by molar-refractivity contribution is 0.159. The first kappa shape index (κ1) is 17.2. The van der Waals surface area contributed by atoms with Crippen molar-refractivity contribution in [2.75, 3.05) is 0 Å². The average molecular weight is 281 g/mol. The van der Waals surface area contributed by atoms with E-state index in [9.17, 15) is 5.11 Å². The van der Waals surface area contributed by atoms with Gasteiger partial charge in [-0.25, -0.2) is 0 Å². The van der Waals surface area contributed by atoms with Crippen molar-refractivity contribution in [3.05, 3.63) is 11.9 Å². The Bertz CT molecular complexity index is 338. The Balaban J connectivity index is 1.90. The van der Waals surface area contributed by atoms with Crippen LogP contribution in [-0.2, 0) is 13.5 Å². The van der Waals surface area contributed by atoms with Crippen LogP contribution in [0.4, 0.5) is 0 Å². The molecule has 4 nitrogen and oxygen atoms in total. The van der Waals surface area contributed by atoms with E-state index in [1.165, 1.54) is 51.4 Å². The van der Waals surface area contributed by atoms with Crippen LogP contribution in [-0.4, -0.2) is 26.2 Å². The minimum absolute atomic E-state index is 0.267. The number of nitrogens with zero attached hydrogens (tertiary/aromatic N) is 3. The molecular weight excluding hydrogens is 250 g/mol. The largest absolute Gasteiger partial charge is 0.393 e. The molecule has 4 heteroatoms. The lowest BCUT2D eigenvalue weighted by Crippen LogP contribution is -2.10. The van der Waals surface area contributed by atoms with Crippen molar-refractivity contribution in [1.29, 1.82) is 0 Å². The quantitative estimate of drug-likeness (QED) is 0.595. The van der Waals surface area contributed by atoms with Crippen LogP contribution in [0.15, 0.2) is 6.20 Å². The van der Waals surface area contributed by atoms with Gasteiger partial charge in [-0.3, -0.25) is 4.68 Å². The summed E-state index contributed by atoms with van der Waals surface area (Å²) >= 11 is 0. The van der Waals surface area contributed by atoms with Crippen LogP contribution >= 0.6 is 0 Å². The molecule has 116 valence electrons. The van der Waals surface area contributed by atoms with Crippen molar-refractivity contribution in [1.82, 2.24) is 15.0 Å². The Morgan fingerprint density at radius 1 is 1.05 bits per heavy atom. The van der Waals surface area contributed by atoms with Crippen LogP contribution in [0.25, 0.3) is 0 Å². The molecule has 1 heterocycles. The van der Waals surface area contributed by atoms with Gasteiger partial charge in [-0.05, 0) is 6.42 Å². The summed E-state index contributed by atoms with van der Waals surface area (Å²) in [7, 11) is 1.85. The number of unbranched alkanes of at least 4 members (excludes halogenated alkanes) is 8. The normalized spacial score (nSPS) is 12.8. The summed E-state index contributed by atoms with van der Waals surface area (Å²) in [5.74, 6) is 0. The SMILES string of the molecule is CCCCCCCCCCCC(O)Cc1cn(C)nn1. The number of aryl methyl sites for hydroxylation is 1. The zero-order valence-electron chi connectivity index (χ0n) is 13.2. The molecule has 0 aliphatic rings. The Kier molecular flexibility index (Phi) is 9.29. The molecule has 1 rings (SSSR count). The van der Waals surface area contributed by atoms with E-state index in [0.717, 1.165) is 18.5 Å². The Morgan fingerprint density at radius 3 is 2.20 bits per heavy atom. The number of aromatic nitrogens is 3. The molecule has 0 aliphatic carbocycles. The molecule has 1 atom stereocenters. The highest BCUT2D eigenvalue weighted by atomic mass is 16.3. The van der Waals surface area contributed by atoms with Crippen LogP contribution in [0, 0.1) is 0 Å². The molecule has 0 fully saturated rings. The fourth-order valence-electron chi connectivity index (χ4n) is 2.52. The lowest BCUT2D eigenvalue weighted by Gasteiger charge is -2.08. The second kappa shape index (κ2) is 10.8. The summed E-state index contributed by atoms with van der Waals surface area (Å²) < 4.78 is 1.68. The standard InChI is InChI=1S/C16H31N3O/c1-3-4-5-6-7-8-9-10-11-12-16(20)13-15-14-19(2)18-17-15/h14,16,20H,3-13H2,1-2H3. The Labute approximate surface area is 123 Å². The number of rotatable bonds is 12. The highest BCUT2D eigenvalue weighted by Crippen LogP contribution is 2.12. The van der Waals surface area contributed by atoms with Gasteiger partial charge in [0.1, 0.15) is 0 Å². The van der Waals surface area contributed by atoms with Crippen molar-refractivity contribution in [3.63, 3.8) is 0 Å². The first-order chi connectivity index (χ1) is 9.72. The summed E-state index contributed by atoms with van der Waals surface area (Å²) in [5, 5.41) is 17.8. The summed E-state index contributed by atoms with van der Waals surface area (Å²) in [5.41, 5.74) is 0.885. The predicted molar refractivity (Wildman–Crippen MR) is 82.6 cm³/mol. The number of aliphatic hydroxyl groups is 1. The molecule has 1 unspecified atom stereocenters. The third-order valence-corrected chi connectivity index (χ3v) is 3.74. The molecular formula is C16H31N3O. The van der Waals surface area contributed by atoms with Crippen molar-refractivity contribution in [3.8, 4) is 0 Å². The molecule has 1 aromatic rings. The van der Waals surface area contributed by atoms with Crippen molar-refractivity contribution in [2.45, 2.75) is 83.7 Å². The van der Waals surface area contributed by atoms with Crippen molar-refractivity contribution >= 4 is 0 Å². The highest BCUT2D eigenvalue weighted by molar-refractivity contribution is 4.93. The topological polar surface area (TPSA) is 50.9 Å². The van der Waals surface area contributed by atoms with Gasteiger partial charge in [-0.15, -0.1) is 5.10 Å². The second-order valence-corrected chi connectivity index (χ2v) is 5.86. The number of aliphatic hydroxyl groups excluding tert-OH is 1. The first-order valence-electron chi connectivity index (χ1n) is 8.25. The minimum atomic E-state index is -0.267. The van der Waals surface area contributed by atoms with E-state index < -0.39 is 0 Å². The molecule has 0 amide bonds. The van der Waals surface area contributed by atoms with Gasteiger partial charge in [0.15, 0.2) is 0 Å². The van der Waals surface area contributed by atoms with Crippen LogP contribution in [0.2, 0.25) is 0 Å². The third kappa shape index (κ3) is 8.31. The molecule has 0 saturated heterocycles. The summed E-state index contributed by atoms with van der Waals surface area (Å²) in [6, 6.07) is 0. The first-order valence-corrected chi connectivity index (χ1v) is 8.25. The van der Waals surface area contributed by atoms with Gasteiger partial charge in [0, 0.05) is 19.7 Å². The number of hydrogen-bond donors (Lipinski definition) is 1. The lowest BCUT2D eigenvalue weighted by atomic mass is 10.0. The van der Waals surface area contributed by atoms with Gasteiger partial charge in [-0.1, -0.05) is 69.9 Å². The maximum absolute atomic E-state index is 9.93. The van der Waals surface area contributed by atoms with Crippen LogP contribution in [0.3, 0.4) is 0 Å². The van der Waals surface area contributed by atoms with E-state index in [2.05, 4.69) is 17.2 Å². The zero-order valence-corrected chi connectivity index (χ0v) is 13.2. The van der Waals surface area contributed by atoms with E-state index in [0.29, 0.717) is 6.42 Å². The van der Waals surface area contributed by atoms with Gasteiger partial charge >= 0.3 is 0 Å². The molecule has 0 aromatic carbocycles.